The standard InChI is InChI=1S/C16H28O4/c1-3-5-6-7-14(4-2)20-16(18)12-15(17)13-8-10-19-11-9-13/h13-14H,3-12H2,1-2H3. The fourth-order valence-electron chi connectivity index (χ4n) is 2.50. The molecule has 1 heterocycles. The van der Waals surface area contributed by atoms with Gasteiger partial charge in [0.05, 0.1) is 0 Å². The second kappa shape index (κ2) is 9.92. The van der Waals surface area contributed by atoms with Crippen molar-refractivity contribution in [1.29, 1.82) is 0 Å². The molecule has 1 aliphatic rings. The van der Waals surface area contributed by atoms with Gasteiger partial charge in [0, 0.05) is 19.1 Å². The highest BCUT2D eigenvalue weighted by molar-refractivity contribution is 5.96. The molecule has 1 atom stereocenters. The lowest BCUT2D eigenvalue weighted by atomic mass is 9.93. The normalized spacial score (nSPS) is 17.7. The summed E-state index contributed by atoms with van der Waals surface area (Å²) in [5, 5.41) is 0. The van der Waals surface area contributed by atoms with E-state index in [9.17, 15) is 9.59 Å². The molecule has 1 rings (SSSR count). The van der Waals surface area contributed by atoms with Crippen LogP contribution in [0.3, 0.4) is 0 Å². The monoisotopic (exact) mass is 284 g/mol. The molecular weight excluding hydrogens is 256 g/mol. The molecular formula is C16H28O4. The van der Waals surface area contributed by atoms with Gasteiger partial charge in [0.15, 0.2) is 0 Å². The number of carbonyl (C=O) groups excluding carboxylic acids is 2. The Morgan fingerprint density at radius 1 is 1.20 bits per heavy atom. The third-order valence-corrected chi connectivity index (χ3v) is 3.88. The second-order valence-corrected chi connectivity index (χ2v) is 5.55. The Hall–Kier alpha value is -0.900. The average Bonchev–Trinajstić information content (AvgIpc) is 2.47. The lowest BCUT2D eigenvalue weighted by molar-refractivity contribution is -0.152. The summed E-state index contributed by atoms with van der Waals surface area (Å²) < 4.78 is 10.6. The van der Waals surface area contributed by atoms with Gasteiger partial charge in [0.2, 0.25) is 0 Å². The lowest BCUT2D eigenvalue weighted by Crippen LogP contribution is -2.27. The van der Waals surface area contributed by atoms with E-state index in [0.29, 0.717) is 13.2 Å². The molecule has 116 valence electrons. The molecule has 0 aromatic rings. The quantitative estimate of drug-likeness (QED) is 0.370. The van der Waals surface area contributed by atoms with Crippen molar-refractivity contribution in [1.82, 2.24) is 0 Å². The van der Waals surface area contributed by atoms with Gasteiger partial charge < -0.3 is 9.47 Å². The van der Waals surface area contributed by atoms with E-state index < -0.39 is 0 Å². The maximum atomic E-state index is 12.0. The molecule has 0 spiro atoms. The van der Waals surface area contributed by atoms with Crippen molar-refractivity contribution in [2.75, 3.05) is 13.2 Å². The summed E-state index contributed by atoms with van der Waals surface area (Å²) in [4.78, 5) is 23.8. The number of hydrogen-bond donors (Lipinski definition) is 0. The van der Waals surface area contributed by atoms with Gasteiger partial charge in [-0.15, -0.1) is 0 Å². The highest BCUT2D eigenvalue weighted by Gasteiger charge is 2.24. The van der Waals surface area contributed by atoms with E-state index in [0.717, 1.165) is 44.9 Å². The first kappa shape index (κ1) is 17.2. The number of rotatable bonds is 9. The Labute approximate surface area is 122 Å². The van der Waals surface area contributed by atoms with Gasteiger partial charge in [-0.3, -0.25) is 9.59 Å². The van der Waals surface area contributed by atoms with Crippen molar-refractivity contribution < 1.29 is 19.1 Å². The Morgan fingerprint density at radius 3 is 2.50 bits per heavy atom. The fourth-order valence-corrected chi connectivity index (χ4v) is 2.50. The topological polar surface area (TPSA) is 52.6 Å². The SMILES string of the molecule is CCCCCC(CC)OC(=O)CC(=O)C1CCOCC1. The summed E-state index contributed by atoms with van der Waals surface area (Å²) in [6.07, 6.45) is 6.49. The van der Waals surface area contributed by atoms with Crippen LogP contribution in [-0.2, 0) is 19.1 Å². The van der Waals surface area contributed by atoms with Crippen LogP contribution in [0, 0.1) is 5.92 Å². The number of ether oxygens (including phenoxy) is 2. The molecule has 0 radical (unpaired) electrons. The van der Waals surface area contributed by atoms with Crippen molar-refractivity contribution in [2.45, 2.75) is 71.3 Å². The largest absolute Gasteiger partial charge is 0.462 e. The predicted octanol–water partition coefficient (Wildman–Crippen LogP) is 3.27. The smallest absolute Gasteiger partial charge is 0.313 e. The number of Topliss-reactive ketones (excluding diaryl/α,β-unsaturated/α-hetero) is 1. The van der Waals surface area contributed by atoms with E-state index in [-0.39, 0.29) is 30.2 Å². The number of ketones is 1. The average molecular weight is 284 g/mol. The van der Waals surface area contributed by atoms with E-state index in [2.05, 4.69) is 6.92 Å². The van der Waals surface area contributed by atoms with Crippen LogP contribution >= 0.6 is 0 Å². The first-order chi connectivity index (χ1) is 9.67. The number of unbranched alkanes of at least 4 members (excludes halogenated alkanes) is 2. The third kappa shape index (κ3) is 6.51. The molecule has 4 nitrogen and oxygen atoms in total. The fraction of sp³-hybridized carbons (Fsp3) is 0.875. The minimum absolute atomic E-state index is 0.0155. The van der Waals surface area contributed by atoms with E-state index in [1.165, 1.54) is 0 Å². The first-order valence-electron chi connectivity index (χ1n) is 7.97. The molecule has 1 fully saturated rings. The molecule has 0 aromatic carbocycles. The Morgan fingerprint density at radius 2 is 1.90 bits per heavy atom. The minimum atomic E-state index is -0.357. The molecule has 0 saturated carbocycles. The van der Waals surface area contributed by atoms with Crippen molar-refractivity contribution in [3.63, 3.8) is 0 Å². The molecule has 1 unspecified atom stereocenters. The zero-order chi connectivity index (χ0) is 14.8. The summed E-state index contributed by atoms with van der Waals surface area (Å²) >= 11 is 0. The maximum absolute atomic E-state index is 12.0. The summed E-state index contributed by atoms with van der Waals surface area (Å²) in [5.41, 5.74) is 0. The van der Waals surface area contributed by atoms with Gasteiger partial charge in [-0.1, -0.05) is 26.7 Å². The maximum Gasteiger partial charge on any atom is 0.313 e. The van der Waals surface area contributed by atoms with Gasteiger partial charge in [-0.25, -0.2) is 0 Å². The molecule has 1 saturated heterocycles. The Bertz CT molecular complexity index is 295. The van der Waals surface area contributed by atoms with Crippen molar-refractivity contribution in [3.05, 3.63) is 0 Å². The van der Waals surface area contributed by atoms with Crippen LogP contribution in [0.2, 0.25) is 0 Å². The number of carbonyl (C=O) groups is 2. The van der Waals surface area contributed by atoms with Gasteiger partial charge in [0.25, 0.3) is 0 Å². The summed E-state index contributed by atoms with van der Waals surface area (Å²) in [7, 11) is 0. The van der Waals surface area contributed by atoms with Crippen LogP contribution in [0.15, 0.2) is 0 Å². The van der Waals surface area contributed by atoms with Crippen LogP contribution in [0.5, 0.6) is 0 Å². The van der Waals surface area contributed by atoms with Gasteiger partial charge in [0.1, 0.15) is 18.3 Å². The molecule has 4 heteroatoms. The van der Waals surface area contributed by atoms with Crippen LogP contribution < -0.4 is 0 Å². The van der Waals surface area contributed by atoms with Crippen LogP contribution in [-0.4, -0.2) is 31.1 Å². The third-order valence-electron chi connectivity index (χ3n) is 3.88. The van der Waals surface area contributed by atoms with E-state index in [1.54, 1.807) is 0 Å². The minimum Gasteiger partial charge on any atom is -0.462 e. The summed E-state index contributed by atoms with van der Waals surface area (Å²) in [5.74, 6) is -0.358. The lowest BCUT2D eigenvalue weighted by Gasteiger charge is -2.21. The Balaban J connectivity index is 2.27. The van der Waals surface area contributed by atoms with Gasteiger partial charge >= 0.3 is 5.97 Å². The van der Waals surface area contributed by atoms with Crippen LogP contribution in [0.25, 0.3) is 0 Å². The van der Waals surface area contributed by atoms with Gasteiger partial charge in [-0.05, 0) is 32.1 Å². The Kier molecular flexibility index (Phi) is 8.51. The molecule has 20 heavy (non-hydrogen) atoms. The molecule has 0 aromatic heterocycles. The van der Waals surface area contributed by atoms with Crippen LogP contribution in [0.4, 0.5) is 0 Å². The highest BCUT2D eigenvalue weighted by Crippen LogP contribution is 2.18. The molecule has 0 amide bonds. The predicted molar refractivity (Wildman–Crippen MR) is 77.5 cm³/mol. The molecule has 1 aliphatic heterocycles. The van der Waals surface area contributed by atoms with Crippen molar-refractivity contribution >= 4 is 11.8 Å². The van der Waals surface area contributed by atoms with E-state index in [4.69, 9.17) is 9.47 Å². The molecule has 0 aliphatic carbocycles. The molecule has 0 N–H and O–H groups in total. The highest BCUT2D eigenvalue weighted by atomic mass is 16.5. The number of hydrogen-bond acceptors (Lipinski definition) is 4. The van der Waals surface area contributed by atoms with Gasteiger partial charge in [-0.2, -0.15) is 0 Å². The zero-order valence-electron chi connectivity index (χ0n) is 12.9. The van der Waals surface area contributed by atoms with Crippen molar-refractivity contribution in [2.24, 2.45) is 5.92 Å². The number of esters is 1. The van der Waals surface area contributed by atoms with Crippen LogP contribution in [0.1, 0.15) is 65.2 Å². The zero-order valence-corrected chi connectivity index (χ0v) is 12.9. The van der Waals surface area contributed by atoms with E-state index >= 15 is 0 Å². The van der Waals surface area contributed by atoms with E-state index in [1.807, 2.05) is 6.92 Å². The summed E-state index contributed by atoms with van der Waals surface area (Å²) in [6.45, 7) is 5.42. The first-order valence-corrected chi connectivity index (χ1v) is 7.97. The summed E-state index contributed by atoms with van der Waals surface area (Å²) in [6, 6.07) is 0. The van der Waals surface area contributed by atoms with Crippen molar-refractivity contribution in [3.8, 4) is 0 Å². The molecule has 0 bridgehead atoms. The second-order valence-electron chi connectivity index (χ2n) is 5.55.